The van der Waals surface area contributed by atoms with Crippen LogP contribution in [-0.2, 0) is 6.54 Å². The van der Waals surface area contributed by atoms with Crippen LogP contribution in [0, 0.1) is 6.92 Å². The van der Waals surface area contributed by atoms with Crippen LogP contribution >= 0.6 is 0 Å². The van der Waals surface area contributed by atoms with Crippen LogP contribution in [0.2, 0.25) is 0 Å². The molecule has 0 spiro atoms. The lowest BCUT2D eigenvalue weighted by Gasteiger charge is -2.09. The Labute approximate surface area is 114 Å². The van der Waals surface area contributed by atoms with E-state index in [4.69, 9.17) is 4.74 Å². The fraction of sp³-hybridized carbons (Fsp3) is 0.312. The summed E-state index contributed by atoms with van der Waals surface area (Å²) >= 11 is 0. The Balaban J connectivity index is 2.05. The molecule has 3 nitrogen and oxygen atoms in total. The maximum absolute atomic E-state index is 5.82. The number of pyridine rings is 1. The maximum atomic E-state index is 5.82. The zero-order valence-electron chi connectivity index (χ0n) is 11.5. The summed E-state index contributed by atoms with van der Waals surface area (Å²) in [6, 6.07) is 11.9. The van der Waals surface area contributed by atoms with Gasteiger partial charge in [0.2, 0.25) is 5.88 Å². The van der Waals surface area contributed by atoms with E-state index in [1.54, 1.807) is 6.20 Å². The fourth-order valence-electron chi connectivity index (χ4n) is 1.81. The largest absolute Gasteiger partial charge is 0.439 e. The van der Waals surface area contributed by atoms with Crippen molar-refractivity contribution in [1.82, 2.24) is 10.3 Å². The van der Waals surface area contributed by atoms with E-state index in [9.17, 15) is 0 Å². The number of nitrogens with zero attached hydrogens (tertiary/aromatic N) is 1. The molecular weight excluding hydrogens is 236 g/mol. The molecule has 0 atom stereocenters. The smallest absolute Gasteiger partial charge is 0.219 e. The van der Waals surface area contributed by atoms with E-state index in [1.807, 2.05) is 43.3 Å². The second-order valence-electron chi connectivity index (χ2n) is 4.55. The summed E-state index contributed by atoms with van der Waals surface area (Å²) in [6.45, 7) is 6.06. The Morgan fingerprint density at radius 1 is 1.21 bits per heavy atom. The molecule has 0 aliphatic heterocycles. The summed E-state index contributed by atoms with van der Waals surface area (Å²) in [5.74, 6) is 1.50. The monoisotopic (exact) mass is 256 g/mol. The van der Waals surface area contributed by atoms with Crippen molar-refractivity contribution in [2.45, 2.75) is 26.8 Å². The van der Waals surface area contributed by atoms with E-state index in [1.165, 1.54) is 5.56 Å². The minimum absolute atomic E-state index is 0.644. The average Bonchev–Trinajstić information content (AvgIpc) is 2.42. The highest BCUT2D eigenvalue weighted by atomic mass is 16.5. The Morgan fingerprint density at radius 2 is 2.05 bits per heavy atom. The molecule has 0 radical (unpaired) electrons. The molecule has 0 aliphatic carbocycles. The van der Waals surface area contributed by atoms with E-state index in [2.05, 4.69) is 17.2 Å². The fourth-order valence-corrected chi connectivity index (χ4v) is 1.81. The van der Waals surface area contributed by atoms with Crippen LogP contribution in [0.15, 0.2) is 42.6 Å². The Kier molecular flexibility index (Phi) is 4.93. The minimum Gasteiger partial charge on any atom is -0.439 e. The van der Waals surface area contributed by atoms with E-state index in [-0.39, 0.29) is 0 Å². The normalized spacial score (nSPS) is 10.4. The van der Waals surface area contributed by atoms with Crippen molar-refractivity contribution in [2.75, 3.05) is 6.54 Å². The first-order valence-electron chi connectivity index (χ1n) is 6.68. The van der Waals surface area contributed by atoms with Gasteiger partial charge in [-0.25, -0.2) is 4.98 Å². The number of para-hydroxylation sites is 1. The topological polar surface area (TPSA) is 34.2 Å². The van der Waals surface area contributed by atoms with Gasteiger partial charge in [0.15, 0.2) is 0 Å². The maximum Gasteiger partial charge on any atom is 0.219 e. The molecule has 0 aliphatic rings. The first-order valence-corrected chi connectivity index (χ1v) is 6.68. The highest BCUT2D eigenvalue weighted by molar-refractivity contribution is 5.35. The van der Waals surface area contributed by atoms with Gasteiger partial charge in [-0.05, 0) is 43.1 Å². The first-order chi connectivity index (χ1) is 9.29. The van der Waals surface area contributed by atoms with Crippen LogP contribution in [0.3, 0.4) is 0 Å². The third kappa shape index (κ3) is 4.07. The van der Waals surface area contributed by atoms with Gasteiger partial charge < -0.3 is 10.1 Å². The third-order valence-electron chi connectivity index (χ3n) is 2.86. The Morgan fingerprint density at radius 3 is 2.84 bits per heavy atom. The highest BCUT2D eigenvalue weighted by Gasteiger charge is 2.02. The summed E-state index contributed by atoms with van der Waals surface area (Å²) < 4.78 is 5.82. The summed E-state index contributed by atoms with van der Waals surface area (Å²) in [5, 5.41) is 3.37. The van der Waals surface area contributed by atoms with Crippen molar-refractivity contribution in [3.63, 3.8) is 0 Å². The number of nitrogens with one attached hydrogen (secondary N) is 1. The van der Waals surface area contributed by atoms with Gasteiger partial charge in [0.25, 0.3) is 0 Å². The molecule has 0 bridgehead atoms. The van der Waals surface area contributed by atoms with E-state index in [0.29, 0.717) is 5.88 Å². The molecule has 0 fully saturated rings. The van der Waals surface area contributed by atoms with Crippen molar-refractivity contribution in [3.8, 4) is 11.6 Å². The van der Waals surface area contributed by atoms with Crippen LogP contribution in [0.1, 0.15) is 24.5 Å². The zero-order chi connectivity index (χ0) is 13.5. The number of ether oxygens (including phenoxy) is 1. The predicted molar refractivity (Wildman–Crippen MR) is 77.5 cm³/mol. The van der Waals surface area contributed by atoms with Gasteiger partial charge in [-0.3, -0.25) is 0 Å². The third-order valence-corrected chi connectivity index (χ3v) is 2.86. The summed E-state index contributed by atoms with van der Waals surface area (Å²) in [7, 11) is 0. The summed E-state index contributed by atoms with van der Waals surface area (Å²) in [4.78, 5) is 4.25. The Hall–Kier alpha value is -1.87. The lowest BCUT2D eigenvalue weighted by atomic mass is 10.2. The molecule has 1 aromatic heterocycles. The van der Waals surface area contributed by atoms with Crippen molar-refractivity contribution in [1.29, 1.82) is 0 Å². The van der Waals surface area contributed by atoms with E-state index in [0.717, 1.165) is 30.8 Å². The molecular formula is C16H20N2O. The molecule has 1 aromatic carbocycles. The number of hydrogen-bond acceptors (Lipinski definition) is 3. The first kappa shape index (κ1) is 13.6. The van der Waals surface area contributed by atoms with Gasteiger partial charge in [-0.1, -0.05) is 25.1 Å². The average molecular weight is 256 g/mol. The number of benzene rings is 1. The number of rotatable bonds is 6. The summed E-state index contributed by atoms with van der Waals surface area (Å²) in [6.07, 6.45) is 2.92. The molecule has 100 valence electrons. The molecule has 0 unspecified atom stereocenters. The SMILES string of the molecule is CCCNCc1ccnc(Oc2ccccc2C)c1. The molecule has 0 amide bonds. The standard InChI is InChI=1S/C16H20N2O/c1-3-9-17-12-14-8-10-18-16(11-14)19-15-7-5-4-6-13(15)2/h4-8,10-11,17H,3,9,12H2,1-2H3. The quantitative estimate of drug-likeness (QED) is 0.800. The second kappa shape index (κ2) is 6.90. The Bertz CT molecular complexity index is 526. The van der Waals surface area contributed by atoms with Crippen LogP contribution in [0.25, 0.3) is 0 Å². The number of aryl methyl sites for hydroxylation is 1. The molecule has 1 heterocycles. The molecule has 0 saturated heterocycles. The van der Waals surface area contributed by atoms with Crippen molar-refractivity contribution in [3.05, 3.63) is 53.7 Å². The second-order valence-corrected chi connectivity index (χ2v) is 4.55. The van der Waals surface area contributed by atoms with Gasteiger partial charge in [-0.2, -0.15) is 0 Å². The predicted octanol–water partition coefficient (Wildman–Crippen LogP) is 3.68. The van der Waals surface area contributed by atoms with Crippen molar-refractivity contribution >= 4 is 0 Å². The lowest BCUT2D eigenvalue weighted by Crippen LogP contribution is -2.13. The molecule has 2 aromatic rings. The van der Waals surface area contributed by atoms with E-state index >= 15 is 0 Å². The van der Waals surface area contributed by atoms with Gasteiger partial charge in [-0.15, -0.1) is 0 Å². The van der Waals surface area contributed by atoms with Gasteiger partial charge >= 0.3 is 0 Å². The highest BCUT2D eigenvalue weighted by Crippen LogP contribution is 2.23. The molecule has 19 heavy (non-hydrogen) atoms. The summed E-state index contributed by atoms with van der Waals surface area (Å²) in [5.41, 5.74) is 2.30. The van der Waals surface area contributed by atoms with Gasteiger partial charge in [0.05, 0.1) is 0 Å². The molecule has 0 saturated carbocycles. The van der Waals surface area contributed by atoms with Crippen LogP contribution in [-0.4, -0.2) is 11.5 Å². The molecule has 3 heteroatoms. The molecule has 2 rings (SSSR count). The number of hydrogen-bond donors (Lipinski definition) is 1. The minimum atomic E-state index is 0.644. The molecule has 1 N–H and O–H groups in total. The van der Waals surface area contributed by atoms with Gasteiger partial charge in [0, 0.05) is 18.8 Å². The van der Waals surface area contributed by atoms with Crippen LogP contribution in [0.5, 0.6) is 11.6 Å². The van der Waals surface area contributed by atoms with Gasteiger partial charge in [0.1, 0.15) is 5.75 Å². The zero-order valence-corrected chi connectivity index (χ0v) is 11.5. The number of aromatic nitrogens is 1. The van der Waals surface area contributed by atoms with Crippen LogP contribution < -0.4 is 10.1 Å². The lowest BCUT2D eigenvalue weighted by molar-refractivity contribution is 0.458. The van der Waals surface area contributed by atoms with Crippen molar-refractivity contribution < 1.29 is 4.74 Å². The van der Waals surface area contributed by atoms with Crippen molar-refractivity contribution in [2.24, 2.45) is 0 Å². The van der Waals surface area contributed by atoms with E-state index < -0.39 is 0 Å². The van der Waals surface area contributed by atoms with Crippen LogP contribution in [0.4, 0.5) is 0 Å².